The molecule has 1 aromatic heterocycles. The monoisotopic (exact) mass is 367 g/mol. The van der Waals surface area contributed by atoms with Gasteiger partial charge in [-0.1, -0.05) is 13.8 Å². The smallest absolute Gasteiger partial charge is 0.329 e. The Morgan fingerprint density at radius 2 is 1.69 bits per heavy atom. The van der Waals surface area contributed by atoms with Gasteiger partial charge in [0.1, 0.15) is 6.04 Å². The Morgan fingerprint density at radius 3 is 2.19 bits per heavy atom. The number of carbonyl (C=O) groups excluding carboxylic acids is 4. The molecule has 26 heavy (non-hydrogen) atoms. The summed E-state index contributed by atoms with van der Waals surface area (Å²) >= 11 is 0. The molecule has 0 aromatic carbocycles. The first-order chi connectivity index (χ1) is 12.1. The predicted octanol–water partition coefficient (Wildman–Crippen LogP) is 1.20. The molecule has 0 saturated carbocycles. The molecule has 3 N–H and O–H groups in total. The van der Waals surface area contributed by atoms with Crippen LogP contribution in [0.2, 0.25) is 0 Å². The van der Waals surface area contributed by atoms with Crippen molar-refractivity contribution in [3.05, 3.63) is 24.2 Å². The average Bonchev–Trinajstić information content (AvgIpc) is 3.05. The second-order valence-corrected chi connectivity index (χ2v) is 6.37. The maximum atomic E-state index is 12.3. The van der Waals surface area contributed by atoms with Crippen LogP contribution in [0.4, 0.5) is 4.79 Å². The van der Waals surface area contributed by atoms with Gasteiger partial charge in [-0.15, -0.1) is 0 Å². The summed E-state index contributed by atoms with van der Waals surface area (Å²) in [7, 11) is 0. The first kappa shape index (κ1) is 21.2. The van der Waals surface area contributed by atoms with Crippen molar-refractivity contribution in [2.24, 2.45) is 5.92 Å². The van der Waals surface area contributed by atoms with Crippen LogP contribution < -0.4 is 16.0 Å². The third-order valence-electron chi connectivity index (χ3n) is 3.27. The van der Waals surface area contributed by atoms with E-state index >= 15 is 0 Å². The minimum absolute atomic E-state index is 0.0552. The second-order valence-electron chi connectivity index (χ2n) is 6.37. The van der Waals surface area contributed by atoms with Crippen molar-refractivity contribution in [2.45, 2.75) is 52.8 Å². The van der Waals surface area contributed by atoms with Gasteiger partial charge in [-0.3, -0.25) is 14.9 Å². The molecule has 4 amide bonds. The topological polar surface area (TPSA) is 127 Å². The van der Waals surface area contributed by atoms with E-state index in [0.29, 0.717) is 0 Å². The van der Waals surface area contributed by atoms with Gasteiger partial charge in [0.25, 0.3) is 11.8 Å². The molecular formula is C17H25N3O6. The predicted molar refractivity (Wildman–Crippen MR) is 92.2 cm³/mol. The van der Waals surface area contributed by atoms with E-state index in [1.165, 1.54) is 19.3 Å². The number of furan rings is 1. The largest absolute Gasteiger partial charge is 0.459 e. The summed E-state index contributed by atoms with van der Waals surface area (Å²) in [4.78, 5) is 47.8. The minimum Gasteiger partial charge on any atom is -0.459 e. The molecule has 0 spiro atoms. The lowest BCUT2D eigenvalue weighted by atomic mass is 10.0. The Kier molecular flexibility index (Phi) is 7.82. The second kappa shape index (κ2) is 9.59. The number of carbonyl (C=O) groups is 4. The fraction of sp³-hybridized carbons (Fsp3) is 0.529. The number of hydrogen-bond donors (Lipinski definition) is 3. The molecule has 0 radical (unpaired) electrons. The molecule has 0 aliphatic heterocycles. The van der Waals surface area contributed by atoms with Gasteiger partial charge in [0.05, 0.1) is 6.26 Å². The van der Waals surface area contributed by atoms with Gasteiger partial charge in [-0.25, -0.2) is 9.59 Å². The molecule has 0 fully saturated rings. The normalized spacial score (nSPS) is 13.0. The van der Waals surface area contributed by atoms with E-state index in [1.54, 1.807) is 33.8 Å². The summed E-state index contributed by atoms with van der Waals surface area (Å²) in [6.07, 6.45) is 0.133. The van der Waals surface area contributed by atoms with Crippen molar-refractivity contribution in [1.29, 1.82) is 0 Å². The summed E-state index contributed by atoms with van der Waals surface area (Å²) < 4.78 is 10.1. The molecule has 1 rings (SSSR count). The minimum atomic E-state index is -1.21. The van der Waals surface area contributed by atoms with Gasteiger partial charge in [-0.05, 0) is 38.8 Å². The lowest BCUT2D eigenvalue weighted by Gasteiger charge is -2.22. The van der Waals surface area contributed by atoms with E-state index in [0.717, 1.165) is 0 Å². The van der Waals surface area contributed by atoms with Gasteiger partial charge < -0.3 is 19.8 Å². The maximum absolute atomic E-state index is 12.3. The van der Waals surface area contributed by atoms with Gasteiger partial charge in [0.2, 0.25) is 0 Å². The first-order valence-corrected chi connectivity index (χ1v) is 8.28. The molecule has 0 saturated heterocycles. The summed E-state index contributed by atoms with van der Waals surface area (Å²) in [5, 5.41) is 7.08. The molecule has 1 heterocycles. The Morgan fingerprint density at radius 1 is 1.04 bits per heavy atom. The SMILES string of the molecule is CC(C)NC(=O)NC(=O)[C@H](C)OC(=O)[C@@H](NC(=O)c1ccco1)C(C)C. The Bertz CT molecular complexity index is 639. The van der Waals surface area contributed by atoms with Crippen LogP contribution in [0.25, 0.3) is 0 Å². The van der Waals surface area contributed by atoms with Crippen molar-refractivity contribution in [3.63, 3.8) is 0 Å². The van der Waals surface area contributed by atoms with E-state index in [4.69, 9.17) is 9.15 Å². The van der Waals surface area contributed by atoms with E-state index in [2.05, 4.69) is 16.0 Å². The molecule has 9 nitrogen and oxygen atoms in total. The summed E-state index contributed by atoms with van der Waals surface area (Å²) in [5.74, 6) is -2.36. The lowest BCUT2D eigenvalue weighted by Crippen LogP contribution is -2.49. The van der Waals surface area contributed by atoms with Crippen molar-refractivity contribution in [3.8, 4) is 0 Å². The Hall–Kier alpha value is -2.84. The first-order valence-electron chi connectivity index (χ1n) is 8.28. The van der Waals surface area contributed by atoms with Gasteiger partial charge in [0, 0.05) is 6.04 Å². The maximum Gasteiger partial charge on any atom is 0.329 e. The zero-order valence-corrected chi connectivity index (χ0v) is 15.5. The highest BCUT2D eigenvalue weighted by molar-refractivity contribution is 5.98. The molecule has 0 aliphatic rings. The van der Waals surface area contributed by atoms with Gasteiger partial charge in [0.15, 0.2) is 11.9 Å². The molecule has 0 unspecified atom stereocenters. The van der Waals surface area contributed by atoms with Gasteiger partial charge in [-0.2, -0.15) is 0 Å². The fourth-order valence-electron chi connectivity index (χ4n) is 1.93. The quantitative estimate of drug-likeness (QED) is 0.622. The van der Waals surface area contributed by atoms with Crippen molar-refractivity contribution in [1.82, 2.24) is 16.0 Å². The van der Waals surface area contributed by atoms with E-state index < -0.39 is 36.0 Å². The van der Waals surface area contributed by atoms with Gasteiger partial charge >= 0.3 is 12.0 Å². The number of hydrogen-bond acceptors (Lipinski definition) is 6. The van der Waals surface area contributed by atoms with Crippen LogP contribution in [0.5, 0.6) is 0 Å². The third kappa shape index (κ3) is 6.58. The van der Waals surface area contributed by atoms with Crippen LogP contribution >= 0.6 is 0 Å². The highest BCUT2D eigenvalue weighted by atomic mass is 16.5. The molecule has 0 bridgehead atoms. The number of ether oxygens (including phenoxy) is 1. The third-order valence-corrected chi connectivity index (χ3v) is 3.27. The van der Waals surface area contributed by atoms with Crippen LogP contribution in [-0.2, 0) is 14.3 Å². The van der Waals surface area contributed by atoms with Crippen molar-refractivity contribution >= 4 is 23.8 Å². The number of nitrogens with one attached hydrogen (secondary N) is 3. The summed E-state index contributed by atoms with van der Waals surface area (Å²) in [5.41, 5.74) is 0. The van der Waals surface area contributed by atoms with Crippen LogP contribution in [0, 0.1) is 5.92 Å². The molecular weight excluding hydrogens is 342 g/mol. The van der Waals surface area contributed by atoms with Crippen LogP contribution in [0.1, 0.15) is 45.2 Å². The standard InChI is InChI=1S/C17H25N3O6/c1-9(2)13(19-15(22)12-7-6-8-25-12)16(23)26-11(5)14(21)20-17(24)18-10(3)4/h6-11,13H,1-5H3,(H,19,22)(H2,18,20,21,24)/t11-,13-/m0/s1. The van der Waals surface area contributed by atoms with E-state index in [-0.39, 0.29) is 17.7 Å². The number of imide groups is 1. The zero-order valence-electron chi connectivity index (χ0n) is 15.5. The molecule has 9 heteroatoms. The highest BCUT2D eigenvalue weighted by Crippen LogP contribution is 2.08. The molecule has 0 aliphatic carbocycles. The number of rotatable bonds is 7. The number of amides is 4. The fourth-order valence-corrected chi connectivity index (χ4v) is 1.93. The van der Waals surface area contributed by atoms with Crippen molar-refractivity contribution in [2.75, 3.05) is 0 Å². The number of urea groups is 1. The van der Waals surface area contributed by atoms with E-state index in [9.17, 15) is 19.2 Å². The van der Waals surface area contributed by atoms with Crippen LogP contribution in [-0.4, -0.2) is 42.0 Å². The Balaban J connectivity index is 2.64. The van der Waals surface area contributed by atoms with Crippen LogP contribution in [0.3, 0.4) is 0 Å². The molecule has 144 valence electrons. The molecule has 1 aromatic rings. The Labute approximate surface area is 151 Å². The summed E-state index contributed by atoms with van der Waals surface area (Å²) in [6, 6.07) is 1.20. The van der Waals surface area contributed by atoms with Crippen molar-refractivity contribution < 1.29 is 28.3 Å². The number of esters is 1. The average molecular weight is 367 g/mol. The molecule has 2 atom stereocenters. The zero-order chi connectivity index (χ0) is 19.9. The highest BCUT2D eigenvalue weighted by Gasteiger charge is 2.30. The van der Waals surface area contributed by atoms with Crippen LogP contribution in [0.15, 0.2) is 22.8 Å². The van der Waals surface area contributed by atoms with E-state index in [1.807, 2.05) is 0 Å². The summed E-state index contributed by atoms with van der Waals surface area (Å²) in [6.45, 7) is 8.25. The lowest BCUT2D eigenvalue weighted by molar-refractivity contribution is -0.157.